The molecular weight excluding hydrogens is 114 g/mol. The largest absolute Gasteiger partial charge is 0.369 e. The molecule has 0 aliphatic heterocycles. The van der Waals surface area contributed by atoms with Gasteiger partial charge in [-0.05, 0) is 13.6 Å². The van der Waals surface area contributed by atoms with Crippen LogP contribution in [-0.4, -0.2) is 32.3 Å². The van der Waals surface area contributed by atoms with Gasteiger partial charge in [-0.25, -0.2) is 0 Å². The van der Waals surface area contributed by atoms with Gasteiger partial charge in [-0.1, -0.05) is 20.8 Å². The molecule has 0 saturated heterocycles. The van der Waals surface area contributed by atoms with Gasteiger partial charge in [0, 0.05) is 7.11 Å². The summed E-state index contributed by atoms with van der Waals surface area (Å²) < 4.78 is 4.82. The predicted octanol–water partition coefficient (Wildman–Crippen LogP) is 1.57. The fourth-order valence-electron chi connectivity index (χ4n) is 0.312. The number of hydrogen-bond acceptors (Lipinski definition) is 2. The summed E-state index contributed by atoms with van der Waals surface area (Å²) in [6.45, 7) is 7.88. The second-order valence-electron chi connectivity index (χ2n) is 1.59. The Morgan fingerprint density at radius 2 is 1.78 bits per heavy atom. The second-order valence-corrected chi connectivity index (χ2v) is 1.59. The zero-order chi connectivity index (χ0) is 7.70. The van der Waals surface area contributed by atoms with Gasteiger partial charge in [0.05, 0.1) is 6.73 Å². The van der Waals surface area contributed by atoms with Gasteiger partial charge in [-0.2, -0.15) is 0 Å². The Balaban J connectivity index is 0. The Hall–Kier alpha value is -0.0800. The molecule has 9 heavy (non-hydrogen) atoms. The fraction of sp³-hybridized carbons (Fsp3) is 1.00. The first-order chi connectivity index (χ1) is 4.31. The van der Waals surface area contributed by atoms with E-state index in [1.54, 1.807) is 7.11 Å². The summed E-state index contributed by atoms with van der Waals surface area (Å²) in [4.78, 5) is 2.08. The lowest BCUT2D eigenvalue weighted by Crippen LogP contribution is -2.19. The normalized spacial score (nSPS) is 8.67. The molecule has 0 aromatic heterocycles. The smallest absolute Gasteiger partial charge is 0.0983 e. The molecule has 0 radical (unpaired) electrons. The molecular formula is C7H19NO. The Bertz CT molecular complexity index is 39.9. The lowest BCUT2D eigenvalue weighted by atomic mass is 10.7. The molecule has 0 bridgehead atoms. The topological polar surface area (TPSA) is 12.5 Å². The van der Waals surface area contributed by atoms with E-state index in [0.29, 0.717) is 0 Å². The van der Waals surface area contributed by atoms with Gasteiger partial charge in [-0.3, -0.25) is 4.90 Å². The maximum atomic E-state index is 4.82. The van der Waals surface area contributed by atoms with E-state index in [9.17, 15) is 0 Å². The van der Waals surface area contributed by atoms with Gasteiger partial charge in [0.25, 0.3) is 0 Å². The molecule has 0 aromatic rings. The molecule has 0 saturated carbocycles. The van der Waals surface area contributed by atoms with Crippen LogP contribution in [0.5, 0.6) is 0 Å². The highest BCUT2D eigenvalue weighted by atomic mass is 16.5. The molecule has 0 fully saturated rings. The summed E-state index contributed by atoms with van der Waals surface area (Å²) in [5, 5.41) is 0. The van der Waals surface area contributed by atoms with Crippen molar-refractivity contribution in [2.45, 2.75) is 20.8 Å². The van der Waals surface area contributed by atoms with E-state index in [2.05, 4.69) is 11.8 Å². The first-order valence-corrected chi connectivity index (χ1v) is 3.48. The number of ether oxygens (including phenoxy) is 1. The van der Waals surface area contributed by atoms with E-state index in [0.717, 1.165) is 13.3 Å². The van der Waals surface area contributed by atoms with E-state index in [4.69, 9.17) is 4.74 Å². The highest BCUT2D eigenvalue weighted by Gasteiger charge is 1.86. The summed E-state index contributed by atoms with van der Waals surface area (Å²) in [5.41, 5.74) is 0. The average Bonchev–Trinajstić information content (AvgIpc) is 1.93. The second kappa shape index (κ2) is 10.8. The van der Waals surface area contributed by atoms with Gasteiger partial charge < -0.3 is 4.74 Å². The number of methoxy groups -OCH3 is 1. The molecule has 0 unspecified atom stereocenters. The molecule has 0 aliphatic rings. The summed E-state index contributed by atoms with van der Waals surface area (Å²) >= 11 is 0. The van der Waals surface area contributed by atoms with Crippen LogP contribution in [0, 0.1) is 0 Å². The zero-order valence-electron chi connectivity index (χ0n) is 7.27. The zero-order valence-corrected chi connectivity index (χ0v) is 7.27. The van der Waals surface area contributed by atoms with Crippen LogP contribution in [0.15, 0.2) is 0 Å². The van der Waals surface area contributed by atoms with Crippen molar-refractivity contribution in [1.82, 2.24) is 4.90 Å². The van der Waals surface area contributed by atoms with Gasteiger partial charge in [0.1, 0.15) is 0 Å². The van der Waals surface area contributed by atoms with E-state index in [1.807, 2.05) is 20.9 Å². The van der Waals surface area contributed by atoms with Crippen molar-refractivity contribution in [3.63, 3.8) is 0 Å². The van der Waals surface area contributed by atoms with Crippen LogP contribution in [0.1, 0.15) is 20.8 Å². The summed E-state index contributed by atoms with van der Waals surface area (Å²) in [7, 11) is 3.72. The van der Waals surface area contributed by atoms with Gasteiger partial charge >= 0.3 is 0 Å². The van der Waals surface area contributed by atoms with E-state index in [-0.39, 0.29) is 0 Å². The number of rotatable bonds is 3. The van der Waals surface area contributed by atoms with Crippen molar-refractivity contribution in [1.29, 1.82) is 0 Å². The molecule has 0 aliphatic carbocycles. The molecule has 2 nitrogen and oxygen atoms in total. The third-order valence-corrected chi connectivity index (χ3v) is 0.889. The van der Waals surface area contributed by atoms with Crippen LogP contribution in [0.4, 0.5) is 0 Å². The first kappa shape index (κ1) is 11.7. The van der Waals surface area contributed by atoms with Crippen LogP contribution in [0.2, 0.25) is 0 Å². The standard InChI is InChI=1S/C5H13NO.C2H6/c1-4-6(2)5-7-3;1-2/h4-5H2,1-3H3;1-2H3. The summed E-state index contributed by atoms with van der Waals surface area (Å²) in [5.74, 6) is 0. The van der Waals surface area contributed by atoms with Crippen molar-refractivity contribution in [2.75, 3.05) is 27.4 Å². The minimum Gasteiger partial charge on any atom is -0.369 e. The SMILES string of the molecule is CC.CCN(C)COC. The highest BCUT2D eigenvalue weighted by molar-refractivity contribution is 4.32. The predicted molar refractivity (Wildman–Crippen MR) is 41.5 cm³/mol. The molecule has 58 valence electrons. The maximum Gasteiger partial charge on any atom is 0.0983 e. The first-order valence-electron chi connectivity index (χ1n) is 3.48. The van der Waals surface area contributed by atoms with Crippen molar-refractivity contribution in [3.8, 4) is 0 Å². The third-order valence-electron chi connectivity index (χ3n) is 0.889. The van der Waals surface area contributed by atoms with E-state index in [1.165, 1.54) is 0 Å². The Labute approximate surface area is 58.8 Å². The molecule has 0 amide bonds. The quantitative estimate of drug-likeness (QED) is 0.542. The highest BCUT2D eigenvalue weighted by Crippen LogP contribution is 1.76. The summed E-state index contributed by atoms with van der Waals surface area (Å²) in [6, 6.07) is 0. The number of hydrogen-bond donors (Lipinski definition) is 0. The molecule has 0 spiro atoms. The number of nitrogens with zero attached hydrogens (tertiary/aromatic N) is 1. The van der Waals surface area contributed by atoms with Crippen molar-refractivity contribution >= 4 is 0 Å². The molecule has 0 aromatic carbocycles. The maximum absolute atomic E-state index is 4.82. The van der Waals surface area contributed by atoms with Crippen LogP contribution < -0.4 is 0 Å². The van der Waals surface area contributed by atoms with Crippen molar-refractivity contribution in [2.24, 2.45) is 0 Å². The third kappa shape index (κ3) is 11.5. The van der Waals surface area contributed by atoms with Gasteiger partial charge in [0.15, 0.2) is 0 Å². The van der Waals surface area contributed by atoms with E-state index < -0.39 is 0 Å². The fourth-order valence-corrected chi connectivity index (χ4v) is 0.312. The lowest BCUT2D eigenvalue weighted by molar-refractivity contribution is 0.0857. The lowest BCUT2D eigenvalue weighted by Gasteiger charge is -2.10. The minimum atomic E-state index is 0.733. The molecule has 0 heterocycles. The molecule has 0 atom stereocenters. The Kier molecular flexibility index (Phi) is 14.0. The van der Waals surface area contributed by atoms with Crippen molar-refractivity contribution < 1.29 is 4.74 Å². The molecule has 0 N–H and O–H groups in total. The average molecular weight is 133 g/mol. The minimum absolute atomic E-state index is 0.733. The van der Waals surface area contributed by atoms with Crippen LogP contribution in [0.3, 0.4) is 0 Å². The molecule has 0 rings (SSSR count). The van der Waals surface area contributed by atoms with E-state index >= 15 is 0 Å². The van der Waals surface area contributed by atoms with Gasteiger partial charge in [0.2, 0.25) is 0 Å². The van der Waals surface area contributed by atoms with Crippen LogP contribution in [-0.2, 0) is 4.74 Å². The Morgan fingerprint density at radius 3 is 1.89 bits per heavy atom. The van der Waals surface area contributed by atoms with Crippen molar-refractivity contribution in [3.05, 3.63) is 0 Å². The van der Waals surface area contributed by atoms with Crippen LogP contribution >= 0.6 is 0 Å². The summed E-state index contributed by atoms with van der Waals surface area (Å²) in [6.07, 6.45) is 0. The monoisotopic (exact) mass is 133 g/mol. The Morgan fingerprint density at radius 1 is 1.33 bits per heavy atom. The molecule has 2 heteroatoms. The van der Waals surface area contributed by atoms with Crippen LogP contribution in [0.25, 0.3) is 0 Å². The van der Waals surface area contributed by atoms with Gasteiger partial charge in [-0.15, -0.1) is 0 Å².